The number of carbonyl (C=O) groups is 2. The van der Waals surface area contributed by atoms with E-state index in [1.165, 1.54) is 0 Å². The third kappa shape index (κ3) is 3.93. The first-order valence-corrected chi connectivity index (χ1v) is 10.6. The highest BCUT2D eigenvalue weighted by Crippen LogP contribution is 2.52. The number of amides is 1. The predicted octanol–water partition coefficient (Wildman–Crippen LogP) is 5.23. The summed E-state index contributed by atoms with van der Waals surface area (Å²) in [7, 11) is 0. The molecule has 4 rings (SSSR count). The van der Waals surface area contributed by atoms with Gasteiger partial charge in [0.25, 0.3) is 0 Å². The molecule has 0 radical (unpaired) electrons. The highest BCUT2D eigenvalue weighted by atomic mass is 16.6. The highest BCUT2D eigenvalue weighted by molar-refractivity contribution is 5.81. The summed E-state index contributed by atoms with van der Waals surface area (Å²) in [5.74, 6) is -0.538. The molecule has 2 aliphatic rings. The van der Waals surface area contributed by atoms with Crippen molar-refractivity contribution in [3.05, 3.63) is 71.8 Å². The Bertz CT molecular complexity index is 906. The SMILES string of the molecule is CC(C)(C)OC(=O)N1CCC[C@@]2(C[C@H](c3ccccc3)C(=O)O2)[C@H]1c1ccccc1. The molecule has 3 atom stereocenters. The molecule has 158 valence electrons. The van der Waals surface area contributed by atoms with Crippen LogP contribution in [0.4, 0.5) is 4.79 Å². The van der Waals surface area contributed by atoms with Gasteiger partial charge in [-0.2, -0.15) is 0 Å². The Morgan fingerprint density at radius 3 is 2.23 bits per heavy atom. The van der Waals surface area contributed by atoms with Crippen molar-refractivity contribution < 1.29 is 19.1 Å². The number of esters is 1. The molecule has 2 heterocycles. The fourth-order valence-corrected chi connectivity index (χ4v) is 4.74. The van der Waals surface area contributed by atoms with Crippen LogP contribution in [0.15, 0.2) is 60.7 Å². The number of benzene rings is 2. The van der Waals surface area contributed by atoms with E-state index in [2.05, 4.69) is 0 Å². The maximum atomic E-state index is 13.1. The fraction of sp³-hybridized carbons (Fsp3) is 0.440. The van der Waals surface area contributed by atoms with Gasteiger partial charge in [0.1, 0.15) is 17.2 Å². The van der Waals surface area contributed by atoms with Crippen LogP contribution in [0.2, 0.25) is 0 Å². The van der Waals surface area contributed by atoms with Crippen LogP contribution in [-0.4, -0.2) is 34.7 Å². The average molecular weight is 408 g/mol. The first-order valence-electron chi connectivity index (χ1n) is 10.6. The van der Waals surface area contributed by atoms with Gasteiger partial charge >= 0.3 is 12.1 Å². The molecule has 2 fully saturated rings. The molecular formula is C25H29NO4. The molecule has 30 heavy (non-hydrogen) atoms. The van der Waals surface area contributed by atoms with Crippen molar-refractivity contribution in [2.24, 2.45) is 0 Å². The van der Waals surface area contributed by atoms with Gasteiger partial charge in [0, 0.05) is 13.0 Å². The lowest BCUT2D eigenvalue weighted by Gasteiger charge is -2.47. The number of piperidine rings is 1. The lowest BCUT2D eigenvalue weighted by molar-refractivity contribution is -0.159. The van der Waals surface area contributed by atoms with Crippen molar-refractivity contribution in [2.45, 2.75) is 63.2 Å². The molecule has 1 spiro atoms. The van der Waals surface area contributed by atoms with E-state index in [1.807, 2.05) is 81.4 Å². The molecular weight excluding hydrogens is 378 g/mol. The monoisotopic (exact) mass is 407 g/mol. The molecule has 0 aromatic heterocycles. The van der Waals surface area contributed by atoms with E-state index in [-0.39, 0.29) is 24.0 Å². The van der Waals surface area contributed by atoms with E-state index in [9.17, 15) is 9.59 Å². The van der Waals surface area contributed by atoms with Crippen molar-refractivity contribution in [3.63, 3.8) is 0 Å². The van der Waals surface area contributed by atoms with Crippen LogP contribution in [0.25, 0.3) is 0 Å². The van der Waals surface area contributed by atoms with Crippen molar-refractivity contribution in [1.82, 2.24) is 4.90 Å². The highest BCUT2D eigenvalue weighted by Gasteiger charge is 2.57. The van der Waals surface area contributed by atoms with Crippen molar-refractivity contribution in [3.8, 4) is 0 Å². The Kier molecular flexibility index (Phi) is 5.31. The van der Waals surface area contributed by atoms with Crippen LogP contribution in [-0.2, 0) is 14.3 Å². The first-order chi connectivity index (χ1) is 14.3. The van der Waals surface area contributed by atoms with Gasteiger partial charge in [-0.3, -0.25) is 9.69 Å². The summed E-state index contributed by atoms with van der Waals surface area (Å²) < 4.78 is 11.9. The third-order valence-corrected chi connectivity index (χ3v) is 5.89. The lowest BCUT2D eigenvalue weighted by atomic mass is 9.76. The Morgan fingerprint density at radius 2 is 1.63 bits per heavy atom. The van der Waals surface area contributed by atoms with E-state index in [0.717, 1.165) is 24.0 Å². The molecule has 0 N–H and O–H groups in total. The summed E-state index contributed by atoms with van der Waals surface area (Å²) in [4.78, 5) is 27.9. The van der Waals surface area contributed by atoms with Gasteiger partial charge in [-0.15, -0.1) is 0 Å². The van der Waals surface area contributed by atoms with Gasteiger partial charge in [-0.1, -0.05) is 60.7 Å². The van der Waals surface area contributed by atoms with Gasteiger partial charge < -0.3 is 9.47 Å². The summed E-state index contributed by atoms with van der Waals surface area (Å²) in [6.45, 7) is 6.17. The van der Waals surface area contributed by atoms with E-state index in [4.69, 9.17) is 9.47 Å². The summed E-state index contributed by atoms with van der Waals surface area (Å²) in [6, 6.07) is 19.2. The number of ether oxygens (including phenoxy) is 2. The van der Waals surface area contributed by atoms with Crippen LogP contribution >= 0.6 is 0 Å². The molecule has 5 heteroatoms. The molecule has 0 aliphatic carbocycles. The molecule has 1 amide bonds. The fourth-order valence-electron chi connectivity index (χ4n) is 4.74. The Morgan fingerprint density at radius 1 is 1.03 bits per heavy atom. The maximum Gasteiger partial charge on any atom is 0.410 e. The first kappa shape index (κ1) is 20.5. The van der Waals surface area contributed by atoms with Gasteiger partial charge in [0.2, 0.25) is 0 Å². The number of rotatable bonds is 2. The molecule has 5 nitrogen and oxygen atoms in total. The average Bonchev–Trinajstić information content (AvgIpc) is 3.04. The zero-order chi connectivity index (χ0) is 21.4. The van der Waals surface area contributed by atoms with Crippen LogP contribution in [0.3, 0.4) is 0 Å². The molecule has 2 saturated heterocycles. The number of likely N-dealkylation sites (tertiary alicyclic amines) is 1. The second-order valence-corrected chi connectivity index (χ2v) is 9.24. The zero-order valence-electron chi connectivity index (χ0n) is 17.8. The number of hydrogen-bond acceptors (Lipinski definition) is 4. The zero-order valence-corrected chi connectivity index (χ0v) is 17.8. The van der Waals surface area contributed by atoms with Gasteiger partial charge in [-0.25, -0.2) is 4.79 Å². The van der Waals surface area contributed by atoms with Crippen molar-refractivity contribution in [2.75, 3.05) is 6.54 Å². The largest absolute Gasteiger partial charge is 0.456 e. The standard InChI is InChI=1S/C25H29NO4/c1-24(2,3)30-23(28)26-16-10-15-25(21(26)19-13-8-5-9-14-19)17-20(22(27)29-25)18-11-6-4-7-12-18/h4-9,11-14,20-21H,10,15-17H2,1-3H3/t20-,21-,25-/m1/s1. The Labute approximate surface area is 178 Å². The minimum atomic E-state index is -0.756. The Hall–Kier alpha value is -2.82. The number of nitrogens with zero attached hydrogens (tertiary/aromatic N) is 1. The molecule has 0 bridgehead atoms. The van der Waals surface area contributed by atoms with E-state index in [0.29, 0.717) is 13.0 Å². The van der Waals surface area contributed by atoms with Crippen LogP contribution in [0.1, 0.15) is 63.1 Å². The molecule has 0 unspecified atom stereocenters. The van der Waals surface area contributed by atoms with Crippen LogP contribution in [0.5, 0.6) is 0 Å². The van der Waals surface area contributed by atoms with Crippen molar-refractivity contribution in [1.29, 1.82) is 0 Å². The van der Waals surface area contributed by atoms with Gasteiger partial charge in [-0.05, 0) is 44.7 Å². The van der Waals surface area contributed by atoms with Crippen LogP contribution < -0.4 is 0 Å². The molecule has 2 aromatic carbocycles. The predicted molar refractivity (Wildman–Crippen MR) is 114 cm³/mol. The second-order valence-electron chi connectivity index (χ2n) is 9.24. The smallest absolute Gasteiger partial charge is 0.410 e. The third-order valence-electron chi connectivity index (χ3n) is 5.89. The summed E-state index contributed by atoms with van der Waals surface area (Å²) >= 11 is 0. The van der Waals surface area contributed by atoms with E-state index >= 15 is 0 Å². The maximum absolute atomic E-state index is 13.1. The van der Waals surface area contributed by atoms with Crippen LogP contribution in [0, 0.1) is 0 Å². The lowest BCUT2D eigenvalue weighted by Crippen LogP contribution is -2.53. The minimum Gasteiger partial charge on any atom is -0.456 e. The van der Waals surface area contributed by atoms with E-state index < -0.39 is 11.2 Å². The van der Waals surface area contributed by atoms with Gasteiger partial charge in [0.15, 0.2) is 0 Å². The topological polar surface area (TPSA) is 55.8 Å². The normalized spacial score (nSPS) is 26.5. The summed E-state index contributed by atoms with van der Waals surface area (Å²) in [5, 5.41) is 0. The number of carbonyl (C=O) groups excluding carboxylic acids is 2. The van der Waals surface area contributed by atoms with Crippen molar-refractivity contribution >= 4 is 12.1 Å². The second kappa shape index (κ2) is 7.78. The summed E-state index contributed by atoms with van der Waals surface area (Å²) in [5.41, 5.74) is 0.570. The summed E-state index contributed by atoms with van der Waals surface area (Å²) in [6.07, 6.45) is 1.67. The number of hydrogen-bond donors (Lipinski definition) is 0. The Balaban J connectivity index is 1.72. The quantitative estimate of drug-likeness (QED) is 0.640. The van der Waals surface area contributed by atoms with Gasteiger partial charge in [0.05, 0.1) is 5.92 Å². The molecule has 2 aromatic rings. The molecule has 2 aliphatic heterocycles. The molecule has 0 saturated carbocycles. The van der Waals surface area contributed by atoms with E-state index in [1.54, 1.807) is 4.90 Å². The minimum absolute atomic E-state index is 0.215.